The van der Waals surface area contributed by atoms with E-state index < -0.39 is 28.7 Å². The van der Waals surface area contributed by atoms with Crippen molar-refractivity contribution < 1.29 is 27.9 Å². The van der Waals surface area contributed by atoms with Crippen LogP contribution >= 0.6 is 0 Å². The van der Waals surface area contributed by atoms with Gasteiger partial charge in [-0.2, -0.15) is 0 Å². The molecule has 0 saturated heterocycles. The highest BCUT2D eigenvalue weighted by Crippen LogP contribution is 2.51. The molecule has 0 heterocycles. The minimum Gasteiger partial charge on any atom is -0.469 e. The summed E-state index contributed by atoms with van der Waals surface area (Å²) in [5.74, 6) is -1.52. The van der Waals surface area contributed by atoms with Gasteiger partial charge in [0, 0.05) is 30.8 Å². The van der Waals surface area contributed by atoms with Gasteiger partial charge in [-0.15, -0.1) is 0 Å². The van der Waals surface area contributed by atoms with Crippen LogP contribution in [0.25, 0.3) is 0 Å². The lowest BCUT2D eigenvalue weighted by atomic mass is 9.68. The molecule has 1 aromatic carbocycles. The Kier molecular flexibility index (Phi) is 10.7. The van der Waals surface area contributed by atoms with Crippen LogP contribution in [0.5, 0.6) is 0 Å². The molecular formula is C32H52O6Si2. The zero-order chi connectivity index (χ0) is 29.9. The number of hydrogen-bond acceptors (Lipinski definition) is 6. The van der Waals surface area contributed by atoms with Crippen LogP contribution in [0, 0.1) is 23.7 Å². The first-order chi connectivity index (χ1) is 18.7. The Balaban J connectivity index is 2.03. The third kappa shape index (κ3) is 6.82. The summed E-state index contributed by atoms with van der Waals surface area (Å²) in [5.41, 5.74) is 1.65. The summed E-state index contributed by atoms with van der Waals surface area (Å²) in [5, 5.41) is 0.0526. The summed E-state index contributed by atoms with van der Waals surface area (Å²) in [6.07, 6.45) is 2.32. The standard InChI is InChI=1S/C32H52O6Si2/c1-11-40(12-2,13-3)38-26-20-27(37-30(33)23-17-15-14-16-18-23)28-24(26)19-22(4)25(29(28)31(34)35-8)21-36-39(9,10)32(5,6)7/h14-19,24-29H,11-13,20-21H2,1-10H3/t24-,25-,26-,27+,28+,29-/m0/s1. The van der Waals surface area contributed by atoms with E-state index in [4.69, 9.17) is 18.3 Å². The van der Waals surface area contributed by atoms with Crippen molar-refractivity contribution in [1.29, 1.82) is 0 Å². The Morgan fingerprint density at radius 2 is 1.57 bits per heavy atom. The predicted octanol–water partition coefficient (Wildman–Crippen LogP) is 7.63. The molecule has 0 bridgehead atoms. The quantitative estimate of drug-likeness (QED) is 0.150. The van der Waals surface area contributed by atoms with Crippen molar-refractivity contribution in [3.63, 3.8) is 0 Å². The summed E-state index contributed by atoms with van der Waals surface area (Å²) < 4.78 is 25.4. The van der Waals surface area contributed by atoms with E-state index in [0.29, 0.717) is 18.6 Å². The zero-order valence-corrected chi connectivity index (χ0v) is 28.4. The molecule has 0 aromatic heterocycles. The third-order valence-electron chi connectivity index (χ3n) is 10.2. The van der Waals surface area contributed by atoms with Gasteiger partial charge >= 0.3 is 11.9 Å². The van der Waals surface area contributed by atoms with Crippen molar-refractivity contribution >= 4 is 28.6 Å². The highest BCUT2D eigenvalue weighted by molar-refractivity contribution is 6.74. The minimum absolute atomic E-state index is 0.0293. The molecule has 0 N–H and O–H groups in total. The van der Waals surface area contributed by atoms with Crippen LogP contribution in [0.15, 0.2) is 42.0 Å². The molecule has 6 atom stereocenters. The Hall–Kier alpha value is -1.75. The summed E-state index contributed by atoms with van der Waals surface area (Å²) in [4.78, 5) is 26.9. The van der Waals surface area contributed by atoms with Gasteiger partial charge < -0.3 is 18.3 Å². The average Bonchev–Trinajstić information content (AvgIpc) is 3.25. The lowest BCUT2D eigenvalue weighted by Crippen LogP contribution is -2.48. The van der Waals surface area contributed by atoms with Gasteiger partial charge in [-0.25, -0.2) is 4.79 Å². The van der Waals surface area contributed by atoms with Crippen LogP contribution in [0.4, 0.5) is 0 Å². The maximum atomic E-state index is 13.6. The first-order valence-electron chi connectivity index (χ1n) is 15.1. The average molecular weight is 589 g/mol. The highest BCUT2D eigenvalue weighted by atomic mass is 28.4. The van der Waals surface area contributed by atoms with E-state index in [2.05, 4.69) is 67.6 Å². The fraction of sp³-hybridized carbons (Fsp3) is 0.688. The second-order valence-corrected chi connectivity index (χ2v) is 22.8. The molecule has 0 spiro atoms. The maximum absolute atomic E-state index is 13.6. The van der Waals surface area contributed by atoms with Crippen LogP contribution in [-0.4, -0.2) is 54.5 Å². The Labute approximate surface area is 244 Å². The van der Waals surface area contributed by atoms with E-state index >= 15 is 0 Å². The topological polar surface area (TPSA) is 71.1 Å². The fourth-order valence-electron chi connectivity index (χ4n) is 6.27. The highest BCUT2D eigenvalue weighted by Gasteiger charge is 2.57. The summed E-state index contributed by atoms with van der Waals surface area (Å²) in [6, 6.07) is 12.2. The van der Waals surface area contributed by atoms with Crippen LogP contribution in [-0.2, 0) is 23.1 Å². The van der Waals surface area contributed by atoms with E-state index in [1.165, 1.54) is 7.11 Å². The smallest absolute Gasteiger partial charge is 0.338 e. The largest absolute Gasteiger partial charge is 0.469 e. The molecule has 40 heavy (non-hydrogen) atoms. The van der Waals surface area contributed by atoms with E-state index in [-0.39, 0.29) is 40.8 Å². The van der Waals surface area contributed by atoms with E-state index in [0.717, 1.165) is 23.7 Å². The van der Waals surface area contributed by atoms with E-state index in [9.17, 15) is 9.59 Å². The molecule has 2 aliphatic carbocycles. The molecule has 0 unspecified atom stereocenters. The Morgan fingerprint density at radius 3 is 2.10 bits per heavy atom. The molecule has 0 radical (unpaired) electrons. The van der Waals surface area contributed by atoms with Gasteiger partial charge in [-0.05, 0) is 55.3 Å². The van der Waals surface area contributed by atoms with Gasteiger partial charge in [0.1, 0.15) is 6.10 Å². The normalized spacial score (nSPS) is 27.1. The zero-order valence-electron chi connectivity index (χ0n) is 26.4. The van der Waals surface area contributed by atoms with Crippen molar-refractivity contribution in [2.75, 3.05) is 13.7 Å². The summed E-state index contributed by atoms with van der Waals surface area (Å²) in [7, 11) is -2.56. The van der Waals surface area contributed by atoms with Gasteiger partial charge in [0.25, 0.3) is 0 Å². The molecule has 0 aliphatic heterocycles. The number of rotatable bonds is 11. The van der Waals surface area contributed by atoms with Gasteiger partial charge in [0.05, 0.1) is 24.7 Å². The number of fused-ring (bicyclic) bond motifs is 1. The number of carbonyl (C=O) groups is 2. The SMILES string of the molecule is CC[Si](CC)(CC)O[C@H]1C[C@@H](OC(=O)c2ccccc2)[C@H]2[C@H]1C=C(C)[C@H](CO[Si](C)(C)C(C)(C)C)[C@@H]2C(=O)OC. The number of benzene rings is 1. The van der Waals surface area contributed by atoms with Crippen LogP contribution in [0.2, 0.25) is 36.3 Å². The van der Waals surface area contributed by atoms with E-state index in [1.54, 1.807) is 12.1 Å². The molecule has 224 valence electrons. The van der Waals surface area contributed by atoms with Gasteiger partial charge in [0.15, 0.2) is 16.6 Å². The molecular weight excluding hydrogens is 537 g/mol. The number of carbonyl (C=O) groups excluding carboxylic acids is 2. The minimum atomic E-state index is -2.06. The van der Waals surface area contributed by atoms with Gasteiger partial charge in [-0.3, -0.25) is 4.79 Å². The first kappa shape index (κ1) is 32.8. The first-order valence-corrected chi connectivity index (χ1v) is 20.5. The third-order valence-corrected chi connectivity index (χ3v) is 19.3. The number of esters is 2. The van der Waals surface area contributed by atoms with Crippen LogP contribution in [0.3, 0.4) is 0 Å². The number of ether oxygens (including phenoxy) is 2. The lowest BCUT2D eigenvalue weighted by molar-refractivity contribution is -0.153. The van der Waals surface area contributed by atoms with Crippen molar-refractivity contribution in [1.82, 2.24) is 0 Å². The van der Waals surface area contributed by atoms with Crippen molar-refractivity contribution in [2.24, 2.45) is 23.7 Å². The maximum Gasteiger partial charge on any atom is 0.338 e. The Bertz CT molecular complexity index is 1030. The molecule has 2 aliphatic rings. The molecule has 8 heteroatoms. The molecule has 1 fully saturated rings. The van der Waals surface area contributed by atoms with Crippen LogP contribution < -0.4 is 0 Å². The second kappa shape index (κ2) is 13.1. The van der Waals surface area contributed by atoms with Gasteiger partial charge in [0.2, 0.25) is 0 Å². The lowest BCUT2D eigenvalue weighted by Gasteiger charge is -2.43. The molecule has 6 nitrogen and oxygen atoms in total. The monoisotopic (exact) mass is 588 g/mol. The van der Waals surface area contributed by atoms with Gasteiger partial charge in [-0.1, -0.05) is 71.4 Å². The fourth-order valence-corrected chi connectivity index (χ4v) is 10.2. The second-order valence-electron chi connectivity index (χ2n) is 13.2. The van der Waals surface area contributed by atoms with E-state index in [1.807, 2.05) is 18.2 Å². The molecule has 3 rings (SSSR count). The summed E-state index contributed by atoms with van der Waals surface area (Å²) >= 11 is 0. The molecule has 1 saturated carbocycles. The Morgan fingerprint density at radius 1 is 0.975 bits per heavy atom. The molecule has 0 amide bonds. The summed E-state index contributed by atoms with van der Waals surface area (Å²) in [6.45, 7) is 20.4. The van der Waals surface area contributed by atoms with Crippen molar-refractivity contribution in [3.05, 3.63) is 47.5 Å². The number of methoxy groups -OCH3 is 1. The molecule has 1 aromatic rings. The van der Waals surface area contributed by atoms with Crippen molar-refractivity contribution in [2.45, 2.75) is 103 Å². The van der Waals surface area contributed by atoms with Crippen molar-refractivity contribution in [3.8, 4) is 0 Å². The predicted molar refractivity (Wildman–Crippen MR) is 165 cm³/mol. The van der Waals surface area contributed by atoms with Crippen LogP contribution in [0.1, 0.15) is 65.2 Å². The number of hydrogen-bond donors (Lipinski definition) is 0.